The highest BCUT2D eigenvalue weighted by atomic mass is 35.5. The summed E-state index contributed by atoms with van der Waals surface area (Å²) in [6, 6.07) is 9.56. The summed E-state index contributed by atoms with van der Waals surface area (Å²) in [5.41, 5.74) is 0. The Morgan fingerprint density at radius 3 is 2.59 bits per heavy atom. The van der Waals surface area contributed by atoms with Crippen LogP contribution in [0.25, 0.3) is 0 Å². The van der Waals surface area contributed by atoms with E-state index in [1.54, 1.807) is 0 Å². The minimum Gasteiger partial charge on any atom is -0.465 e. The molecular weight excluding hydrogens is 262 g/mol. The van der Waals surface area contributed by atoms with E-state index in [0.29, 0.717) is 5.75 Å². The highest BCUT2D eigenvalue weighted by molar-refractivity contribution is 7.99. The van der Waals surface area contributed by atoms with Crippen LogP contribution in [-0.4, -0.2) is 34.7 Å². The van der Waals surface area contributed by atoms with Crippen LogP contribution in [0.1, 0.15) is 0 Å². The number of carboxylic acid groups (broad SMARTS) is 1. The van der Waals surface area contributed by atoms with E-state index in [2.05, 4.69) is 0 Å². The van der Waals surface area contributed by atoms with Crippen LogP contribution in [0.5, 0.6) is 0 Å². The number of benzene rings is 1. The van der Waals surface area contributed by atoms with Gasteiger partial charge < -0.3 is 10.4 Å². The fraction of sp³-hybridized carbons (Fsp3) is 0.273. The molecule has 92 valence electrons. The van der Waals surface area contributed by atoms with Crippen molar-refractivity contribution in [3.63, 3.8) is 0 Å². The summed E-state index contributed by atoms with van der Waals surface area (Å²) in [7, 11) is 0. The topological polar surface area (TPSA) is 66.4 Å². The van der Waals surface area contributed by atoms with Gasteiger partial charge >= 0.3 is 6.09 Å². The number of hydrogen-bond donors (Lipinski definition) is 2. The van der Waals surface area contributed by atoms with Crippen molar-refractivity contribution in [2.24, 2.45) is 0 Å². The molecule has 1 unspecified atom stereocenters. The molecule has 1 atom stereocenters. The second kappa shape index (κ2) is 7.19. The van der Waals surface area contributed by atoms with Crippen LogP contribution >= 0.6 is 23.4 Å². The van der Waals surface area contributed by atoms with E-state index in [1.807, 2.05) is 35.6 Å². The quantitative estimate of drug-likeness (QED) is 0.616. The standard InChI is InChI=1S/C11H12ClNO3S/c12-9(10(14)6-13-11(15)16)7-17-8-4-2-1-3-5-8/h1-5,9,13H,6-7H2,(H,15,16). The van der Waals surface area contributed by atoms with Crippen LogP contribution in [0.2, 0.25) is 0 Å². The van der Waals surface area contributed by atoms with E-state index < -0.39 is 11.5 Å². The molecule has 1 amide bonds. The molecule has 0 aliphatic heterocycles. The molecule has 1 aromatic rings. The molecule has 0 saturated carbocycles. The SMILES string of the molecule is O=C(O)NCC(=O)C(Cl)CSc1ccccc1. The zero-order chi connectivity index (χ0) is 12.7. The van der Waals surface area contributed by atoms with Gasteiger partial charge in [-0.25, -0.2) is 4.79 Å². The molecule has 2 N–H and O–H groups in total. The number of ketones is 1. The van der Waals surface area contributed by atoms with E-state index in [0.717, 1.165) is 4.90 Å². The fourth-order valence-corrected chi connectivity index (χ4v) is 2.19. The number of Topliss-reactive ketones (excluding diaryl/α,β-unsaturated/α-hetero) is 1. The number of carbonyl (C=O) groups is 2. The van der Waals surface area contributed by atoms with Gasteiger partial charge in [0, 0.05) is 10.6 Å². The first kappa shape index (κ1) is 13.9. The number of alkyl halides is 1. The highest BCUT2D eigenvalue weighted by Gasteiger charge is 2.16. The van der Waals surface area contributed by atoms with Crippen LogP contribution < -0.4 is 5.32 Å². The third-order valence-electron chi connectivity index (χ3n) is 1.90. The number of carbonyl (C=O) groups excluding carboxylic acids is 1. The van der Waals surface area contributed by atoms with Crippen LogP contribution in [0.4, 0.5) is 4.79 Å². The molecule has 17 heavy (non-hydrogen) atoms. The summed E-state index contributed by atoms with van der Waals surface area (Å²) in [6.45, 7) is -0.251. The molecule has 1 aromatic carbocycles. The molecule has 6 heteroatoms. The Balaban J connectivity index is 2.31. The first-order chi connectivity index (χ1) is 8.09. The number of amides is 1. The van der Waals surface area contributed by atoms with Crippen molar-refractivity contribution >= 4 is 35.2 Å². The number of hydrogen-bond acceptors (Lipinski definition) is 3. The van der Waals surface area contributed by atoms with Gasteiger partial charge in [-0.1, -0.05) is 18.2 Å². The van der Waals surface area contributed by atoms with E-state index in [1.165, 1.54) is 11.8 Å². The van der Waals surface area contributed by atoms with Gasteiger partial charge in [0.2, 0.25) is 0 Å². The normalized spacial score (nSPS) is 11.8. The molecule has 1 rings (SSSR count). The van der Waals surface area contributed by atoms with Gasteiger partial charge in [-0.15, -0.1) is 23.4 Å². The van der Waals surface area contributed by atoms with Crippen LogP contribution in [0, 0.1) is 0 Å². The third-order valence-corrected chi connectivity index (χ3v) is 3.59. The molecule has 0 aromatic heterocycles. The molecular formula is C11H12ClNO3S. The second-order valence-corrected chi connectivity index (χ2v) is 4.84. The predicted octanol–water partition coefficient (Wildman–Crippen LogP) is 2.22. The molecule has 0 bridgehead atoms. The molecule has 0 spiro atoms. The van der Waals surface area contributed by atoms with E-state index in [9.17, 15) is 9.59 Å². The Bertz CT molecular complexity index is 386. The lowest BCUT2D eigenvalue weighted by atomic mass is 10.3. The summed E-state index contributed by atoms with van der Waals surface area (Å²) in [4.78, 5) is 22.6. The van der Waals surface area contributed by atoms with Crippen molar-refractivity contribution in [1.82, 2.24) is 5.32 Å². The van der Waals surface area contributed by atoms with Crippen molar-refractivity contribution in [3.8, 4) is 0 Å². The zero-order valence-electron chi connectivity index (χ0n) is 8.93. The second-order valence-electron chi connectivity index (χ2n) is 3.22. The minimum atomic E-state index is -1.22. The van der Waals surface area contributed by atoms with Crippen molar-refractivity contribution in [2.75, 3.05) is 12.3 Å². The van der Waals surface area contributed by atoms with Crippen molar-refractivity contribution in [3.05, 3.63) is 30.3 Å². The van der Waals surface area contributed by atoms with Gasteiger partial charge in [-0.3, -0.25) is 4.79 Å². The number of halogens is 1. The lowest BCUT2D eigenvalue weighted by molar-refractivity contribution is -0.117. The van der Waals surface area contributed by atoms with E-state index in [4.69, 9.17) is 16.7 Å². The summed E-state index contributed by atoms with van der Waals surface area (Å²) in [5.74, 6) is 0.101. The van der Waals surface area contributed by atoms with Crippen LogP contribution in [0.15, 0.2) is 35.2 Å². The fourth-order valence-electron chi connectivity index (χ4n) is 1.05. The van der Waals surface area contributed by atoms with Crippen molar-refractivity contribution in [2.45, 2.75) is 10.3 Å². The maximum Gasteiger partial charge on any atom is 0.405 e. The minimum absolute atomic E-state index is 0.251. The van der Waals surface area contributed by atoms with E-state index >= 15 is 0 Å². The summed E-state index contributed by atoms with van der Waals surface area (Å²) < 4.78 is 0. The maximum absolute atomic E-state index is 11.4. The first-order valence-electron chi connectivity index (χ1n) is 4.91. The Labute approximate surface area is 108 Å². The third kappa shape index (κ3) is 5.60. The van der Waals surface area contributed by atoms with Gasteiger partial charge in [0.05, 0.1) is 6.54 Å². The van der Waals surface area contributed by atoms with Gasteiger partial charge in [0.1, 0.15) is 5.38 Å². The van der Waals surface area contributed by atoms with Gasteiger partial charge in [-0.2, -0.15) is 0 Å². The van der Waals surface area contributed by atoms with E-state index in [-0.39, 0.29) is 12.3 Å². The largest absolute Gasteiger partial charge is 0.465 e. The van der Waals surface area contributed by atoms with Crippen molar-refractivity contribution < 1.29 is 14.7 Å². The smallest absolute Gasteiger partial charge is 0.405 e. The Morgan fingerprint density at radius 2 is 2.00 bits per heavy atom. The van der Waals surface area contributed by atoms with Crippen molar-refractivity contribution in [1.29, 1.82) is 0 Å². The molecule has 0 heterocycles. The molecule has 0 fully saturated rings. The highest BCUT2D eigenvalue weighted by Crippen LogP contribution is 2.19. The summed E-state index contributed by atoms with van der Waals surface area (Å²) in [5, 5.41) is 9.65. The average molecular weight is 274 g/mol. The molecule has 0 radical (unpaired) electrons. The Morgan fingerprint density at radius 1 is 1.35 bits per heavy atom. The van der Waals surface area contributed by atoms with Gasteiger partial charge in [0.25, 0.3) is 0 Å². The zero-order valence-corrected chi connectivity index (χ0v) is 10.5. The number of nitrogens with one attached hydrogen (secondary N) is 1. The maximum atomic E-state index is 11.4. The average Bonchev–Trinajstić information content (AvgIpc) is 2.34. The van der Waals surface area contributed by atoms with Gasteiger partial charge in [-0.05, 0) is 12.1 Å². The molecule has 0 saturated heterocycles. The lowest BCUT2D eigenvalue weighted by Crippen LogP contribution is -2.33. The van der Waals surface area contributed by atoms with Gasteiger partial charge in [0.15, 0.2) is 5.78 Å². The Kier molecular flexibility index (Phi) is 5.86. The predicted molar refractivity (Wildman–Crippen MR) is 67.8 cm³/mol. The summed E-state index contributed by atoms with van der Waals surface area (Å²) >= 11 is 7.32. The molecule has 0 aliphatic rings. The lowest BCUT2D eigenvalue weighted by Gasteiger charge is -2.08. The molecule has 4 nitrogen and oxygen atoms in total. The van der Waals surface area contributed by atoms with Crippen LogP contribution in [0.3, 0.4) is 0 Å². The monoisotopic (exact) mass is 273 g/mol. The number of thioether (sulfide) groups is 1. The van der Waals surface area contributed by atoms with Crippen LogP contribution in [-0.2, 0) is 4.79 Å². The molecule has 0 aliphatic carbocycles. The summed E-state index contributed by atoms with van der Waals surface area (Å²) in [6.07, 6.45) is -1.22. The Hall–Kier alpha value is -1.20. The first-order valence-corrected chi connectivity index (χ1v) is 6.33. The number of rotatable bonds is 6.